The molecule has 1 saturated carbocycles. The fraction of sp³-hybridized carbons (Fsp3) is 0.333. The predicted octanol–water partition coefficient (Wildman–Crippen LogP) is 2.89. The Morgan fingerprint density at radius 2 is 2.17 bits per heavy atom. The zero-order valence-corrected chi connectivity index (χ0v) is 11.1. The number of hydrogen-bond donors (Lipinski definition) is 1. The number of nitrogens with one attached hydrogen (secondary N) is 1. The van der Waals surface area contributed by atoms with Gasteiger partial charge in [0.2, 0.25) is 11.8 Å². The van der Waals surface area contributed by atoms with Crippen molar-refractivity contribution in [3.63, 3.8) is 0 Å². The molecule has 0 bridgehead atoms. The highest BCUT2D eigenvalue weighted by Crippen LogP contribution is 2.24. The van der Waals surface area contributed by atoms with E-state index in [0.717, 1.165) is 0 Å². The van der Waals surface area contributed by atoms with Crippen molar-refractivity contribution in [3.8, 4) is 11.5 Å². The summed E-state index contributed by atoms with van der Waals surface area (Å²) < 4.78 is 19.4. The Labute approximate surface area is 112 Å². The number of nitrogens with zero attached hydrogens (tertiary/aromatic N) is 2. The number of benzene rings is 1. The van der Waals surface area contributed by atoms with Gasteiger partial charge in [-0.1, -0.05) is 15.9 Å². The third-order valence-electron chi connectivity index (χ3n) is 2.70. The van der Waals surface area contributed by atoms with Crippen molar-refractivity contribution >= 4 is 15.9 Å². The third-order valence-corrected chi connectivity index (χ3v) is 3.15. The van der Waals surface area contributed by atoms with E-state index >= 15 is 0 Å². The first kappa shape index (κ1) is 11.8. The summed E-state index contributed by atoms with van der Waals surface area (Å²) in [7, 11) is 0. The normalized spacial score (nSPS) is 15.0. The molecule has 1 heterocycles. The van der Waals surface area contributed by atoms with Gasteiger partial charge in [-0.15, -0.1) is 10.2 Å². The van der Waals surface area contributed by atoms with Crippen LogP contribution in [0.4, 0.5) is 4.39 Å². The molecular formula is C12H11BrFN3O. The molecule has 0 aliphatic heterocycles. The Balaban J connectivity index is 1.78. The van der Waals surface area contributed by atoms with Gasteiger partial charge in [0.1, 0.15) is 5.82 Å². The predicted molar refractivity (Wildman–Crippen MR) is 67.3 cm³/mol. The van der Waals surface area contributed by atoms with Gasteiger partial charge in [0.15, 0.2) is 0 Å². The lowest BCUT2D eigenvalue weighted by Crippen LogP contribution is -2.15. The molecule has 18 heavy (non-hydrogen) atoms. The highest BCUT2D eigenvalue weighted by atomic mass is 79.9. The molecule has 1 aliphatic carbocycles. The Hall–Kier alpha value is -1.27. The van der Waals surface area contributed by atoms with Gasteiger partial charge < -0.3 is 9.73 Å². The summed E-state index contributed by atoms with van der Waals surface area (Å²) in [5, 5.41) is 11.1. The average molecular weight is 312 g/mol. The van der Waals surface area contributed by atoms with E-state index in [4.69, 9.17) is 4.42 Å². The van der Waals surface area contributed by atoms with Crippen LogP contribution in [-0.2, 0) is 6.54 Å². The zero-order chi connectivity index (χ0) is 12.5. The van der Waals surface area contributed by atoms with Gasteiger partial charge >= 0.3 is 0 Å². The fourth-order valence-electron chi connectivity index (χ4n) is 1.64. The van der Waals surface area contributed by atoms with Crippen molar-refractivity contribution in [2.75, 3.05) is 0 Å². The SMILES string of the molecule is Fc1cc(Br)cc(-c2nnc(CNC3CC3)o2)c1. The fourth-order valence-corrected chi connectivity index (χ4v) is 2.10. The van der Waals surface area contributed by atoms with Crippen LogP contribution < -0.4 is 5.32 Å². The molecule has 1 aromatic carbocycles. The maximum atomic E-state index is 13.3. The van der Waals surface area contributed by atoms with Crippen LogP contribution in [0.3, 0.4) is 0 Å². The van der Waals surface area contributed by atoms with Crippen LogP contribution in [0.5, 0.6) is 0 Å². The molecule has 6 heteroatoms. The number of hydrogen-bond acceptors (Lipinski definition) is 4. The molecule has 0 saturated heterocycles. The molecule has 1 N–H and O–H groups in total. The molecule has 3 rings (SSSR count). The zero-order valence-electron chi connectivity index (χ0n) is 9.49. The largest absolute Gasteiger partial charge is 0.419 e. The van der Waals surface area contributed by atoms with Gasteiger partial charge in [0.25, 0.3) is 0 Å². The van der Waals surface area contributed by atoms with E-state index in [1.807, 2.05) is 0 Å². The first-order valence-electron chi connectivity index (χ1n) is 5.73. The van der Waals surface area contributed by atoms with Crippen LogP contribution in [0.2, 0.25) is 0 Å². The van der Waals surface area contributed by atoms with E-state index < -0.39 is 0 Å². The Bertz CT molecular complexity index is 548. The lowest BCUT2D eigenvalue weighted by Gasteiger charge is -1.98. The monoisotopic (exact) mass is 311 g/mol. The van der Waals surface area contributed by atoms with Crippen molar-refractivity contribution in [3.05, 3.63) is 34.4 Å². The van der Waals surface area contributed by atoms with E-state index in [2.05, 4.69) is 31.4 Å². The van der Waals surface area contributed by atoms with E-state index in [1.165, 1.54) is 25.0 Å². The van der Waals surface area contributed by atoms with Crippen LogP contribution in [0, 0.1) is 5.82 Å². The van der Waals surface area contributed by atoms with Crippen LogP contribution in [0.15, 0.2) is 27.1 Å². The van der Waals surface area contributed by atoms with Crippen LogP contribution >= 0.6 is 15.9 Å². The van der Waals surface area contributed by atoms with Crippen molar-refractivity contribution in [1.82, 2.24) is 15.5 Å². The first-order chi connectivity index (χ1) is 8.70. The summed E-state index contributed by atoms with van der Waals surface area (Å²) in [5.41, 5.74) is 0.576. The maximum absolute atomic E-state index is 13.3. The standard InChI is InChI=1S/C12H11BrFN3O/c13-8-3-7(4-9(14)5-8)12-17-16-11(18-12)6-15-10-1-2-10/h3-5,10,15H,1-2,6H2. The van der Waals surface area contributed by atoms with Crippen LogP contribution in [-0.4, -0.2) is 16.2 Å². The molecule has 1 aliphatic rings. The molecule has 94 valence electrons. The molecule has 0 amide bonds. The molecule has 0 atom stereocenters. The minimum atomic E-state index is -0.338. The summed E-state index contributed by atoms with van der Waals surface area (Å²) in [6.45, 7) is 0.564. The summed E-state index contributed by atoms with van der Waals surface area (Å²) in [6.07, 6.45) is 2.41. The number of rotatable bonds is 4. The van der Waals surface area contributed by atoms with Gasteiger partial charge in [0, 0.05) is 16.1 Å². The smallest absolute Gasteiger partial charge is 0.247 e. The molecule has 1 aromatic heterocycles. The van der Waals surface area contributed by atoms with E-state index in [1.54, 1.807) is 6.07 Å². The van der Waals surface area contributed by atoms with Crippen LogP contribution in [0.1, 0.15) is 18.7 Å². The number of aromatic nitrogens is 2. The minimum Gasteiger partial charge on any atom is -0.419 e. The van der Waals surface area contributed by atoms with Crippen molar-refractivity contribution < 1.29 is 8.81 Å². The molecule has 4 nitrogen and oxygen atoms in total. The second-order valence-electron chi connectivity index (χ2n) is 4.31. The van der Waals surface area contributed by atoms with E-state index in [9.17, 15) is 4.39 Å². The molecule has 0 spiro atoms. The highest BCUT2D eigenvalue weighted by Gasteiger charge is 2.21. The molecule has 0 unspecified atom stereocenters. The minimum absolute atomic E-state index is 0.336. The summed E-state index contributed by atoms with van der Waals surface area (Å²) in [4.78, 5) is 0. The Morgan fingerprint density at radius 3 is 2.89 bits per heavy atom. The topological polar surface area (TPSA) is 51.0 Å². The summed E-state index contributed by atoms with van der Waals surface area (Å²) in [6, 6.07) is 5.09. The molecule has 0 radical (unpaired) electrons. The molecular weight excluding hydrogens is 301 g/mol. The molecule has 2 aromatic rings. The van der Waals surface area contributed by atoms with Crippen molar-refractivity contribution in [1.29, 1.82) is 0 Å². The Morgan fingerprint density at radius 1 is 1.33 bits per heavy atom. The van der Waals surface area contributed by atoms with Gasteiger partial charge in [-0.3, -0.25) is 0 Å². The van der Waals surface area contributed by atoms with Crippen molar-refractivity contribution in [2.24, 2.45) is 0 Å². The summed E-state index contributed by atoms with van der Waals surface area (Å²) >= 11 is 3.23. The van der Waals surface area contributed by atoms with E-state index in [-0.39, 0.29) is 5.82 Å². The molecule has 1 fully saturated rings. The summed E-state index contributed by atoms with van der Waals surface area (Å²) in [5.74, 6) is 0.523. The van der Waals surface area contributed by atoms with Gasteiger partial charge in [-0.05, 0) is 31.0 Å². The van der Waals surface area contributed by atoms with Crippen molar-refractivity contribution in [2.45, 2.75) is 25.4 Å². The lowest BCUT2D eigenvalue weighted by atomic mass is 10.2. The average Bonchev–Trinajstić information content (AvgIpc) is 3.02. The lowest BCUT2D eigenvalue weighted by molar-refractivity contribution is 0.476. The quantitative estimate of drug-likeness (QED) is 0.943. The Kier molecular flexibility index (Phi) is 3.13. The second-order valence-corrected chi connectivity index (χ2v) is 5.23. The maximum Gasteiger partial charge on any atom is 0.247 e. The highest BCUT2D eigenvalue weighted by molar-refractivity contribution is 9.10. The van der Waals surface area contributed by atoms with Gasteiger partial charge in [-0.25, -0.2) is 4.39 Å². The van der Waals surface area contributed by atoms with Gasteiger partial charge in [0.05, 0.1) is 6.54 Å². The number of halogens is 2. The third kappa shape index (κ3) is 2.76. The second kappa shape index (κ2) is 4.78. The van der Waals surface area contributed by atoms with Crippen LogP contribution in [0.25, 0.3) is 11.5 Å². The van der Waals surface area contributed by atoms with E-state index in [0.29, 0.717) is 34.4 Å². The van der Waals surface area contributed by atoms with Gasteiger partial charge in [-0.2, -0.15) is 0 Å². The first-order valence-corrected chi connectivity index (χ1v) is 6.52.